The molecule has 0 saturated carbocycles. The summed E-state index contributed by atoms with van der Waals surface area (Å²) in [7, 11) is 0. The summed E-state index contributed by atoms with van der Waals surface area (Å²) in [6.07, 6.45) is 5.62. The number of halogens is 2. The third-order valence-corrected chi connectivity index (χ3v) is 5.99. The molecule has 0 amide bonds. The molecule has 0 aliphatic rings. The maximum atomic E-state index is 13.9. The molecule has 0 atom stereocenters. The van der Waals surface area contributed by atoms with Crippen LogP contribution in [0.5, 0.6) is 5.75 Å². The molecule has 1 heterocycles. The summed E-state index contributed by atoms with van der Waals surface area (Å²) in [6, 6.07) is 15.7. The highest BCUT2D eigenvalue weighted by Gasteiger charge is 2.18. The second-order valence-electron chi connectivity index (χ2n) is 7.93. The maximum absolute atomic E-state index is 13.9. The van der Waals surface area contributed by atoms with Crippen LogP contribution in [0.1, 0.15) is 32.9 Å². The Balaban J connectivity index is 1.72. The zero-order valence-corrected chi connectivity index (χ0v) is 20.3. The Labute approximate surface area is 220 Å². The molecular weight excluding hydrogens is 511 g/mol. The van der Waals surface area contributed by atoms with E-state index in [4.69, 9.17) is 22.8 Å². The molecule has 4 rings (SSSR count). The Morgan fingerprint density at radius 3 is 2.61 bits per heavy atom. The van der Waals surface area contributed by atoms with Gasteiger partial charge in [-0.25, -0.2) is 14.2 Å². The van der Waals surface area contributed by atoms with Gasteiger partial charge in [0.05, 0.1) is 40.2 Å². The fraction of sp³-hybridized carbons (Fsp3) is 0.107. The normalized spacial score (nSPS) is 10.4. The number of nitriles is 2. The first kappa shape index (κ1) is 25.9. The van der Waals surface area contributed by atoms with Crippen LogP contribution < -0.4 is 10.3 Å². The molecule has 0 saturated heterocycles. The van der Waals surface area contributed by atoms with Crippen molar-refractivity contribution in [2.45, 2.75) is 13.2 Å². The average molecular weight is 527 g/mol. The van der Waals surface area contributed by atoms with Crippen LogP contribution in [0.3, 0.4) is 0 Å². The van der Waals surface area contributed by atoms with Crippen molar-refractivity contribution in [2.24, 2.45) is 0 Å². The number of aromatic carboxylic acids is 1. The van der Waals surface area contributed by atoms with Gasteiger partial charge < -0.3 is 9.84 Å². The number of hydrogen-bond donors (Lipinski definition) is 1. The summed E-state index contributed by atoms with van der Waals surface area (Å²) in [5, 5.41) is 28.5. The van der Waals surface area contributed by atoms with Gasteiger partial charge in [-0.2, -0.15) is 10.5 Å². The van der Waals surface area contributed by atoms with E-state index in [1.165, 1.54) is 18.2 Å². The number of rotatable bonds is 7. The molecule has 0 spiro atoms. The van der Waals surface area contributed by atoms with Gasteiger partial charge in [-0.3, -0.25) is 9.36 Å². The van der Waals surface area contributed by atoms with Crippen molar-refractivity contribution in [1.82, 2.24) is 9.55 Å². The predicted molar refractivity (Wildman–Crippen MR) is 138 cm³/mol. The summed E-state index contributed by atoms with van der Waals surface area (Å²) >= 11 is 6.20. The number of terminal acetylenes is 1. The highest BCUT2D eigenvalue weighted by molar-refractivity contribution is 6.31. The van der Waals surface area contributed by atoms with E-state index in [1.54, 1.807) is 30.3 Å². The molecule has 3 aromatic carbocycles. The SMILES string of the molecule is C#Cc1c(C(=O)O)cccc1-c1cc(Cl)ccc1OCCn1c(CF)nc2cc(C#N)cc(C#N)c2c1=O. The van der Waals surface area contributed by atoms with Crippen LogP contribution in [0.2, 0.25) is 5.02 Å². The molecular formula is C28H16ClFN4O4. The monoisotopic (exact) mass is 526 g/mol. The van der Waals surface area contributed by atoms with Gasteiger partial charge in [0.2, 0.25) is 0 Å². The predicted octanol–water partition coefficient (Wildman–Crippen LogP) is 4.69. The van der Waals surface area contributed by atoms with Crippen molar-refractivity contribution in [3.8, 4) is 41.4 Å². The van der Waals surface area contributed by atoms with Gasteiger partial charge in [0.15, 0.2) is 0 Å². The zero-order valence-electron chi connectivity index (χ0n) is 19.5. The standard InChI is InChI=1S/C28H16ClFN4O4/c1-2-19-20(4-3-5-21(19)28(36)37)22-12-18(29)6-7-24(22)38-9-8-34-25(13-30)33-23-11-16(14-31)10-17(15-32)26(23)27(34)35/h1,3-7,10-12H,8-9,13H2,(H,36,37). The second-order valence-corrected chi connectivity index (χ2v) is 8.36. The quantitative estimate of drug-likeness (QED) is 0.346. The lowest BCUT2D eigenvalue weighted by molar-refractivity contribution is 0.0696. The van der Waals surface area contributed by atoms with Gasteiger partial charge in [-0.15, -0.1) is 6.42 Å². The van der Waals surface area contributed by atoms with Gasteiger partial charge in [-0.05, 0) is 36.4 Å². The summed E-state index contributed by atoms with van der Waals surface area (Å²) in [6.45, 7) is -1.30. The van der Waals surface area contributed by atoms with E-state index in [1.807, 2.05) is 12.1 Å². The van der Waals surface area contributed by atoms with Crippen LogP contribution in [0.25, 0.3) is 22.0 Å². The number of aromatic nitrogens is 2. The van der Waals surface area contributed by atoms with Crippen molar-refractivity contribution in [3.63, 3.8) is 0 Å². The van der Waals surface area contributed by atoms with Crippen molar-refractivity contribution in [2.75, 3.05) is 6.61 Å². The molecule has 0 unspecified atom stereocenters. The Morgan fingerprint density at radius 1 is 1.16 bits per heavy atom. The Kier molecular flexibility index (Phi) is 7.39. The molecule has 8 nitrogen and oxygen atoms in total. The third kappa shape index (κ3) is 4.77. The number of nitrogens with zero attached hydrogens (tertiary/aromatic N) is 4. The van der Waals surface area contributed by atoms with Crippen LogP contribution in [-0.4, -0.2) is 27.2 Å². The number of benzene rings is 3. The maximum Gasteiger partial charge on any atom is 0.336 e. The third-order valence-electron chi connectivity index (χ3n) is 5.75. The summed E-state index contributed by atoms with van der Waals surface area (Å²) < 4.78 is 20.8. The lowest BCUT2D eigenvalue weighted by atomic mass is 9.95. The minimum absolute atomic E-state index is 0.0278. The highest BCUT2D eigenvalue weighted by Crippen LogP contribution is 2.36. The Hall–Kier alpha value is -5.17. The number of hydrogen-bond acceptors (Lipinski definition) is 6. The van der Waals surface area contributed by atoms with Gasteiger partial charge >= 0.3 is 5.97 Å². The van der Waals surface area contributed by atoms with E-state index in [9.17, 15) is 29.6 Å². The van der Waals surface area contributed by atoms with E-state index >= 15 is 0 Å². The van der Waals surface area contributed by atoms with Crippen molar-refractivity contribution < 1.29 is 19.0 Å². The van der Waals surface area contributed by atoms with Gasteiger partial charge in [-0.1, -0.05) is 29.7 Å². The van der Waals surface area contributed by atoms with Crippen LogP contribution in [0.15, 0.2) is 53.3 Å². The first-order valence-electron chi connectivity index (χ1n) is 11.0. The summed E-state index contributed by atoms with van der Waals surface area (Å²) in [4.78, 5) is 29.0. The van der Waals surface area contributed by atoms with Crippen LogP contribution in [0.4, 0.5) is 4.39 Å². The number of fused-ring (bicyclic) bond motifs is 1. The van der Waals surface area contributed by atoms with Crippen LogP contribution in [0, 0.1) is 35.0 Å². The molecule has 1 N–H and O–H groups in total. The smallest absolute Gasteiger partial charge is 0.336 e. The van der Waals surface area contributed by atoms with E-state index in [0.717, 1.165) is 4.57 Å². The summed E-state index contributed by atoms with van der Waals surface area (Å²) in [5.41, 5.74) is 0.401. The molecule has 0 aliphatic carbocycles. The highest BCUT2D eigenvalue weighted by atomic mass is 35.5. The Morgan fingerprint density at radius 2 is 1.95 bits per heavy atom. The van der Waals surface area contributed by atoms with Crippen molar-refractivity contribution in [3.05, 3.63) is 92.0 Å². The first-order valence-corrected chi connectivity index (χ1v) is 11.4. The van der Waals surface area contributed by atoms with E-state index < -0.39 is 18.2 Å². The number of carbonyl (C=O) groups is 1. The minimum atomic E-state index is -1.19. The number of carboxylic acids is 1. The van der Waals surface area contributed by atoms with Gasteiger partial charge in [0, 0.05) is 21.7 Å². The zero-order chi connectivity index (χ0) is 27.4. The molecule has 4 aromatic rings. The molecule has 38 heavy (non-hydrogen) atoms. The van der Waals surface area contributed by atoms with Gasteiger partial charge in [0.1, 0.15) is 30.9 Å². The molecule has 0 fully saturated rings. The van der Waals surface area contributed by atoms with E-state index in [0.29, 0.717) is 21.9 Å². The molecule has 10 heteroatoms. The number of ether oxygens (including phenoxy) is 1. The van der Waals surface area contributed by atoms with Crippen LogP contribution in [-0.2, 0) is 13.2 Å². The van der Waals surface area contributed by atoms with E-state index in [-0.39, 0.29) is 52.1 Å². The van der Waals surface area contributed by atoms with Gasteiger partial charge in [0.25, 0.3) is 5.56 Å². The number of carboxylic acid groups (broad SMARTS) is 1. The largest absolute Gasteiger partial charge is 0.491 e. The fourth-order valence-electron chi connectivity index (χ4n) is 4.07. The molecule has 1 aromatic heterocycles. The second kappa shape index (κ2) is 10.8. The minimum Gasteiger partial charge on any atom is -0.491 e. The Bertz CT molecular complexity index is 1790. The summed E-state index contributed by atoms with van der Waals surface area (Å²) in [5.74, 6) is 1.33. The molecule has 0 radical (unpaired) electrons. The molecule has 0 aliphatic heterocycles. The van der Waals surface area contributed by atoms with E-state index in [2.05, 4.69) is 10.9 Å². The van der Waals surface area contributed by atoms with Crippen molar-refractivity contribution in [1.29, 1.82) is 10.5 Å². The lowest BCUT2D eigenvalue weighted by Gasteiger charge is -2.16. The van der Waals surface area contributed by atoms with Crippen molar-refractivity contribution >= 4 is 28.5 Å². The lowest BCUT2D eigenvalue weighted by Crippen LogP contribution is -2.28. The fourth-order valence-corrected chi connectivity index (χ4v) is 4.24. The number of alkyl halides is 1. The molecule has 186 valence electrons. The molecule has 0 bridgehead atoms. The first-order chi connectivity index (χ1) is 18.3. The average Bonchev–Trinajstić information content (AvgIpc) is 2.93. The van der Waals surface area contributed by atoms with Crippen LogP contribution >= 0.6 is 11.6 Å². The topological polar surface area (TPSA) is 129 Å².